The summed E-state index contributed by atoms with van der Waals surface area (Å²) in [6.07, 6.45) is 0. The van der Waals surface area contributed by atoms with Gasteiger partial charge in [-0.2, -0.15) is 0 Å². The first-order chi connectivity index (χ1) is 24.6. The molecule has 50 heavy (non-hydrogen) atoms. The molecule has 1 aliphatic carbocycles. The van der Waals surface area contributed by atoms with E-state index in [9.17, 15) is 0 Å². The second-order valence-electron chi connectivity index (χ2n) is 13.3. The third-order valence-corrected chi connectivity index (χ3v) is 10.3. The lowest BCUT2D eigenvalue weighted by molar-refractivity contribution is 0.436. The van der Waals surface area contributed by atoms with Crippen LogP contribution in [0.1, 0.15) is 33.6 Å². The quantitative estimate of drug-likeness (QED) is 0.193. The maximum atomic E-state index is 6.55. The second kappa shape index (κ2) is 10.8. The van der Waals surface area contributed by atoms with Gasteiger partial charge in [-0.1, -0.05) is 115 Å². The van der Waals surface area contributed by atoms with Crippen LogP contribution in [0.15, 0.2) is 152 Å². The van der Waals surface area contributed by atoms with Crippen LogP contribution in [0.25, 0.3) is 55.8 Å². The largest absolute Gasteiger partial charge is 0.457 e. The van der Waals surface area contributed by atoms with Gasteiger partial charge in [0.2, 0.25) is 0 Å². The summed E-state index contributed by atoms with van der Waals surface area (Å²) in [5, 5.41) is 1.02. The van der Waals surface area contributed by atoms with Gasteiger partial charge in [-0.25, -0.2) is 9.97 Å². The van der Waals surface area contributed by atoms with Crippen molar-refractivity contribution in [1.82, 2.24) is 15.0 Å². The van der Waals surface area contributed by atoms with E-state index in [0.29, 0.717) is 5.82 Å². The Bertz CT molecular complexity index is 2610. The van der Waals surface area contributed by atoms with Crippen molar-refractivity contribution in [1.29, 1.82) is 0 Å². The molecule has 0 amide bonds. The van der Waals surface area contributed by atoms with E-state index in [1.54, 1.807) is 0 Å². The summed E-state index contributed by atoms with van der Waals surface area (Å²) in [6, 6.07) is 53.9. The summed E-state index contributed by atoms with van der Waals surface area (Å²) in [5.41, 5.74) is 14.9. The fraction of sp³-hybridized carbons (Fsp3) is 0.0652. The average Bonchev–Trinajstić information content (AvgIpc) is 3.45. The Morgan fingerprint density at radius 2 is 1.06 bits per heavy atom. The summed E-state index contributed by atoms with van der Waals surface area (Å²) in [7, 11) is 0. The van der Waals surface area contributed by atoms with Gasteiger partial charge in [-0.3, -0.25) is 4.98 Å². The van der Waals surface area contributed by atoms with Crippen LogP contribution in [0, 0.1) is 13.8 Å². The van der Waals surface area contributed by atoms with Crippen molar-refractivity contribution in [2.24, 2.45) is 0 Å². The predicted octanol–water partition coefficient (Wildman–Crippen LogP) is 11.1. The molecule has 0 radical (unpaired) electrons. The molecule has 10 rings (SSSR count). The lowest BCUT2D eigenvalue weighted by Crippen LogP contribution is -2.32. The van der Waals surface area contributed by atoms with Crippen LogP contribution >= 0.6 is 0 Å². The normalized spacial score (nSPS) is 13.3. The molecule has 0 fully saturated rings. The maximum absolute atomic E-state index is 6.55. The zero-order valence-corrected chi connectivity index (χ0v) is 27.7. The molecule has 8 aromatic rings. The topological polar surface area (TPSA) is 47.9 Å². The van der Waals surface area contributed by atoms with Crippen LogP contribution in [0.2, 0.25) is 0 Å². The standard InChI is InChI=1S/C46H31N3O/c1-28-25-32(26-29(2)47-28)45-48-40-22-8-4-16-35(40)44(49-45)31-14-11-13-30(27-31)33-17-12-21-39-43(33)34-15-3-5-18-36(34)46(39)37-19-6-9-23-41(37)50-42-24-10-7-20-38(42)46/h3-27H,1-2H3. The molecule has 236 valence electrons. The van der Waals surface area contributed by atoms with Gasteiger partial charge in [0.25, 0.3) is 0 Å². The molecule has 0 saturated heterocycles. The zero-order chi connectivity index (χ0) is 33.4. The SMILES string of the molecule is Cc1cc(-c2nc(-c3cccc(-c4cccc5c4-c4ccccc4C54c5ccccc5Oc5ccccc54)c3)c3ccccc3n2)cc(C)n1. The minimum atomic E-state index is -0.510. The molecule has 4 nitrogen and oxygen atoms in total. The fourth-order valence-corrected chi connectivity index (χ4v) is 8.37. The molecular weight excluding hydrogens is 611 g/mol. The summed E-state index contributed by atoms with van der Waals surface area (Å²) in [5.74, 6) is 2.49. The number of pyridine rings is 1. The van der Waals surface area contributed by atoms with Crippen LogP contribution in [0.4, 0.5) is 0 Å². The first kappa shape index (κ1) is 28.6. The smallest absolute Gasteiger partial charge is 0.160 e. The number of rotatable bonds is 3. The van der Waals surface area contributed by atoms with E-state index in [0.717, 1.165) is 67.3 Å². The summed E-state index contributed by atoms with van der Waals surface area (Å²) >= 11 is 0. The predicted molar refractivity (Wildman–Crippen MR) is 200 cm³/mol. The molecule has 1 spiro atoms. The van der Waals surface area contributed by atoms with Crippen LogP contribution in [0.5, 0.6) is 11.5 Å². The lowest BCUT2D eigenvalue weighted by Gasteiger charge is -2.39. The van der Waals surface area contributed by atoms with Gasteiger partial charge in [0, 0.05) is 39.0 Å². The molecule has 0 saturated carbocycles. The molecule has 3 heterocycles. The van der Waals surface area contributed by atoms with Gasteiger partial charge in [0.1, 0.15) is 11.5 Å². The molecule has 1 aliphatic heterocycles. The van der Waals surface area contributed by atoms with E-state index < -0.39 is 5.41 Å². The third-order valence-electron chi connectivity index (χ3n) is 10.3. The Balaban J connectivity index is 1.21. The lowest BCUT2D eigenvalue weighted by atomic mass is 9.66. The van der Waals surface area contributed by atoms with Gasteiger partial charge >= 0.3 is 0 Å². The molecule has 6 aromatic carbocycles. The molecule has 2 aliphatic rings. The summed E-state index contributed by atoms with van der Waals surface area (Å²) in [6.45, 7) is 4.03. The highest BCUT2D eigenvalue weighted by Crippen LogP contribution is 2.63. The van der Waals surface area contributed by atoms with E-state index >= 15 is 0 Å². The number of aryl methyl sites for hydroxylation is 2. The van der Waals surface area contributed by atoms with Crippen LogP contribution in [-0.4, -0.2) is 15.0 Å². The number of fused-ring (bicyclic) bond motifs is 10. The van der Waals surface area contributed by atoms with Crippen molar-refractivity contribution in [2.75, 3.05) is 0 Å². The van der Waals surface area contributed by atoms with Gasteiger partial charge in [-0.05, 0) is 83.6 Å². The van der Waals surface area contributed by atoms with E-state index in [-0.39, 0.29) is 0 Å². The maximum Gasteiger partial charge on any atom is 0.160 e. The number of nitrogens with zero attached hydrogens (tertiary/aromatic N) is 3. The Kier molecular flexibility index (Phi) is 6.19. The first-order valence-electron chi connectivity index (χ1n) is 17.0. The van der Waals surface area contributed by atoms with Crippen molar-refractivity contribution < 1.29 is 4.74 Å². The highest BCUT2D eigenvalue weighted by Gasteiger charge is 2.51. The van der Waals surface area contributed by atoms with Gasteiger partial charge in [0.15, 0.2) is 5.82 Å². The van der Waals surface area contributed by atoms with E-state index in [4.69, 9.17) is 14.7 Å². The van der Waals surface area contributed by atoms with Crippen LogP contribution in [-0.2, 0) is 5.41 Å². The van der Waals surface area contributed by atoms with Crippen molar-refractivity contribution in [3.63, 3.8) is 0 Å². The van der Waals surface area contributed by atoms with Crippen LogP contribution in [0.3, 0.4) is 0 Å². The number of hydrogen-bond donors (Lipinski definition) is 0. The monoisotopic (exact) mass is 641 g/mol. The van der Waals surface area contributed by atoms with Gasteiger partial charge < -0.3 is 4.74 Å². The summed E-state index contributed by atoms with van der Waals surface area (Å²) in [4.78, 5) is 14.8. The van der Waals surface area contributed by atoms with E-state index in [1.807, 2.05) is 19.9 Å². The van der Waals surface area contributed by atoms with E-state index in [2.05, 4.69) is 151 Å². The highest BCUT2D eigenvalue weighted by atomic mass is 16.5. The number of hydrogen-bond acceptors (Lipinski definition) is 4. The molecule has 0 bridgehead atoms. The average molecular weight is 642 g/mol. The molecular formula is C46H31N3O. The fourth-order valence-electron chi connectivity index (χ4n) is 8.37. The molecule has 0 unspecified atom stereocenters. The van der Waals surface area contributed by atoms with Crippen LogP contribution < -0.4 is 4.74 Å². The van der Waals surface area contributed by atoms with Gasteiger partial charge in [0.05, 0.1) is 16.6 Å². The Morgan fingerprint density at radius 1 is 0.460 bits per heavy atom. The molecule has 0 atom stereocenters. The third kappa shape index (κ3) is 4.08. The van der Waals surface area contributed by atoms with Crippen molar-refractivity contribution in [2.45, 2.75) is 19.3 Å². The highest BCUT2D eigenvalue weighted by molar-refractivity contribution is 5.98. The number of benzene rings is 6. The number of para-hydroxylation sites is 3. The minimum absolute atomic E-state index is 0.510. The van der Waals surface area contributed by atoms with Crippen molar-refractivity contribution in [3.05, 3.63) is 185 Å². The number of ether oxygens (including phenoxy) is 1. The first-order valence-corrected chi connectivity index (χ1v) is 17.0. The van der Waals surface area contributed by atoms with Crippen molar-refractivity contribution in [3.8, 4) is 56.4 Å². The number of aromatic nitrogens is 3. The molecule has 0 N–H and O–H groups in total. The van der Waals surface area contributed by atoms with Crippen molar-refractivity contribution >= 4 is 10.9 Å². The molecule has 2 aromatic heterocycles. The van der Waals surface area contributed by atoms with Gasteiger partial charge in [-0.15, -0.1) is 0 Å². The Morgan fingerprint density at radius 3 is 1.84 bits per heavy atom. The van der Waals surface area contributed by atoms with E-state index in [1.165, 1.54) is 27.8 Å². The zero-order valence-electron chi connectivity index (χ0n) is 27.7. The Hall–Kier alpha value is -6.39. The second-order valence-corrected chi connectivity index (χ2v) is 13.3. The minimum Gasteiger partial charge on any atom is -0.457 e. The Labute approximate surface area is 290 Å². The summed E-state index contributed by atoms with van der Waals surface area (Å²) < 4.78 is 6.55. The molecule has 4 heteroatoms.